The summed E-state index contributed by atoms with van der Waals surface area (Å²) in [6.07, 6.45) is 3.81. The average Bonchev–Trinajstić information content (AvgIpc) is 2.56. The number of benzene rings is 2. The van der Waals surface area contributed by atoms with Gasteiger partial charge in [-0.25, -0.2) is 0 Å². The van der Waals surface area contributed by atoms with Gasteiger partial charge < -0.3 is 10.2 Å². The van der Waals surface area contributed by atoms with Gasteiger partial charge in [-0.2, -0.15) is 0 Å². The van der Waals surface area contributed by atoms with E-state index in [9.17, 15) is 4.79 Å². The molecule has 1 fully saturated rings. The second-order valence-electron chi connectivity index (χ2n) is 5.56. The minimum atomic E-state index is -0.118. The SMILES string of the molecule is O=C(Nc1cccc(Cl)c1)c1ccc(N2CCCCC2)cc1. The number of hydrogen-bond acceptors (Lipinski definition) is 2. The van der Waals surface area contributed by atoms with Gasteiger partial charge in [0.05, 0.1) is 0 Å². The van der Waals surface area contributed by atoms with Crippen LogP contribution in [0.5, 0.6) is 0 Å². The number of rotatable bonds is 3. The van der Waals surface area contributed by atoms with Crippen LogP contribution in [0, 0.1) is 0 Å². The standard InChI is InChI=1S/C18H19ClN2O/c19-15-5-4-6-16(13-15)20-18(22)14-7-9-17(10-8-14)21-11-2-1-3-12-21/h4-10,13H,1-3,11-12H2,(H,20,22). The van der Waals surface area contributed by atoms with Gasteiger partial charge in [0.15, 0.2) is 0 Å². The first-order valence-corrected chi connectivity index (χ1v) is 8.02. The van der Waals surface area contributed by atoms with E-state index in [4.69, 9.17) is 11.6 Å². The van der Waals surface area contributed by atoms with Crippen LogP contribution in [0.15, 0.2) is 48.5 Å². The molecule has 1 aliphatic rings. The summed E-state index contributed by atoms with van der Waals surface area (Å²) in [5.74, 6) is -0.118. The molecule has 0 aliphatic carbocycles. The van der Waals surface area contributed by atoms with Crippen LogP contribution < -0.4 is 10.2 Å². The zero-order chi connectivity index (χ0) is 15.4. The van der Waals surface area contributed by atoms with Crippen molar-refractivity contribution in [1.82, 2.24) is 0 Å². The lowest BCUT2D eigenvalue weighted by Crippen LogP contribution is -2.29. The smallest absolute Gasteiger partial charge is 0.255 e. The van der Waals surface area contributed by atoms with Gasteiger partial charge in [-0.3, -0.25) is 4.79 Å². The maximum absolute atomic E-state index is 12.2. The van der Waals surface area contributed by atoms with Gasteiger partial charge in [-0.05, 0) is 61.7 Å². The number of carbonyl (C=O) groups is 1. The first kappa shape index (κ1) is 14.9. The largest absolute Gasteiger partial charge is 0.372 e. The van der Waals surface area contributed by atoms with Gasteiger partial charge in [0, 0.05) is 35.1 Å². The Balaban J connectivity index is 1.68. The van der Waals surface area contributed by atoms with Gasteiger partial charge in [0.1, 0.15) is 0 Å². The van der Waals surface area contributed by atoms with Gasteiger partial charge in [0.25, 0.3) is 5.91 Å². The van der Waals surface area contributed by atoms with E-state index < -0.39 is 0 Å². The molecule has 0 atom stereocenters. The second kappa shape index (κ2) is 6.84. The molecule has 114 valence electrons. The molecule has 1 aliphatic heterocycles. The predicted molar refractivity (Wildman–Crippen MR) is 91.9 cm³/mol. The van der Waals surface area contributed by atoms with Crippen LogP contribution in [0.4, 0.5) is 11.4 Å². The van der Waals surface area contributed by atoms with Gasteiger partial charge in [-0.1, -0.05) is 17.7 Å². The van der Waals surface area contributed by atoms with Crippen LogP contribution in [0.2, 0.25) is 5.02 Å². The van der Waals surface area contributed by atoms with Crippen LogP contribution in [0.25, 0.3) is 0 Å². The molecular formula is C18H19ClN2O. The number of halogens is 1. The Hall–Kier alpha value is -2.00. The van der Waals surface area contributed by atoms with E-state index in [1.807, 2.05) is 36.4 Å². The van der Waals surface area contributed by atoms with Crippen molar-refractivity contribution in [2.45, 2.75) is 19.3 Å². The van der Waals surface area contributed by atoms with Crippen LogP contribution in [-0.2, 0) is 0 Å². The van der Waals surface area contributed by atoms with Crippen LogP contribution in [0.3, 0.4) is 0 Å². The van der Waals surface area contributed by atoms with Crippen molar-refractivity contribution in [3.05, 3.63) is 59.1 Å². The number of nitrogens with zero attached hydrogens (tertiary/aromatic N) is 1. The highest BCUT2D eigenvalue weighted by atomic mass is 35.5. The van der Waals surface area contributed by atoms with E-state index in [1.165, 1.54) is 24.9 Å². The Bertz CT molecular complexity index is 648. The number of piperidine rings is 1. The summed E-state index contributed by atoms with van der Waals surface area (Å²) in [5, 5.41) is 3.47. The normalized spacial score (nSPS) is 14.7. The van der Waals surface area contributed by atoms with E-state index in [1.54, 1.807) is 12.1 Å². The molecule has 4 heteroatoms. The van der Waals surface area contributed by atoms with Crippen molar-refractivity contribution >= 4 is 28.9 Å². The molecule has 2 aromatic carbocycles. The molecule has 2 aromatic rings. The molecule has 0 unspecified atom stereocenters. The summed E-state index contributed by atoms with van der Waals surface area (Å²) in [6, 6.07) is 15.0. The molecule has 0 aromatic heterocycles. The molecular weight excluding hydrogens is 296 g/mol. The highest BCUT2D eigenvalue weighted by Gasteiger charge is 2.12. The minimum absolute atomic E-state index is 0.118. The van der Waals surface area contributed by atoms with Crippen molar-refractivity contribution in [1.29, 1.82) is 0 Å². The first-order chi connectivity index (χ1) is 10.7. The zero-order valence-corrected chi connectivity index (χ0v) is 13.1. The Morgan fingerprint density at radius 2 is 1.73 bits per heavy atom. The third-order valence-electron chi connectivity index (χ3n) is 3.93. The van der Waals surface area contributed by atoms with E-state index in [2.05, 4.69) is 10.2 Å². The third kappa shape index (κ3) is 3.60. The molecule has 1 amide bonds. The Kier molecular flexibility index (Phi) is 4.64. The van der Waals surface area contributed by atoms with E-state index in [0.29, 0.717) is 16.3 Å². The van der Waals surface area contributed by atoms with Gasteiger partial charge in [-0.15, -0.1) is 0 Å². The topological polar surface area (TPSA) is 32.3 Å². The number of anilines is 2. The van der Waals surface area contributed by atoms with Gasteiger partial charge >= 0.3 is 0 Å². The molecule has 0 saturated carbocycles. The summed E-state index contributed by atoms with van der Waals surface area (Å²) in [7, 11) is 0. The third-order valence-corrected chi connectivity index (χ3v) is 4.17. The monoisotopic (exact) mass is 314 g/mol. The van der Waals surface area contributed by atoms with E-state index >= 15 is 0 Å². The molecule has 1 heterocycles. The Morgan fingerprint density at radius 1 is 1.00 bits per heavy atom. The molecule has 22 heavy (non-hydrogen) atoms. The summed E-state index contributed by atoms with van der Waals surface area (Å²) in [6.45, 7) is 2.21. The zero-order valence-electron chi connectivity index (χ0n) is 12.4. The molecule has 1 saturated heterocycles. The number of hydrogen-bond donors (Lipinski definition) is 1. The number of carbonyl (C=O) groups excluding carboxylic acids is 1. The second-order valence-corrected chi connectivity index (χ2v) is 6.00. The summed E-state index contributed by atoms with van der Waals surface area (Å²) in [5.41, 5.74) is 2.55. The number of nitrogens with one attached hydrogen (secondary N) is 1. The van der Waals surface area contributed by atoms with E-state index in [0.717, 1.165) is 13.1 Å². The highest BCUT2D eigenvalue weighted by molar-refractivity contribution is 6.30. The minimum Gasteiger partial charge on any atom is -0.372 e. The molecule has 0 radical (unpaired) electrons. The first-order valence-electron chi connectivity index (χ1n) is 7.64. The van der Waals surface area contributed by atoms with Crippen LogP contribution in [0.1, 0.15) is 29.6 Å². The fraction of sp³-hybridized carbons (Fsp3) is 0.278. The summed E-state index contributed by atoms with van der Waals surface area (Å²) in [4.78, 5) is 14.6. The summed E-state index contributed by atoms with van der Waals surface area (Å²) < 4.78 is 0. The van der Waals surface area contributed by atoms with E-state index in [-0.39, 0.29) is 5.91 Å². The lowest BCUT2D eigenvalue weighted by Gasteiger charge is -2.28. The van der Waals surface area contributed by atoms with Gasteiger partial charge in [0.2, 0.25) is 0 Å². The van der Waals surface area contributed by atoms with Crippen molar-refractivity contribution in [3.8, 4) is 0 Å². The predicted octanol–water partition coefficient (Wildman–Crippen LogP) is 4.58. The average molecular weight is 315 g/mol. The molecule has 0 bridgehead atoms. The maximum atomic E-state index is 12.2. The van der Waals surface area contributed by atoms with Crippen molar-refractivity contribution in [3.63, 3.8) is 0 Å². The summed E-state index contributed by atoms with van der Waals surface area (Å²) >= 11 is 5.92. The van der Waals surface area contributed by atoms with Crippen molar-refractivity contribution in [2.24, 2.45) is 0 Å². The number of amides is 1. The Labute approximate surface area is 135 Å². The van der Waals surface area contributed by atoms with Crippen LogP contribution in [-0.4, -0.2) is 19.0 Å². The Morgan fingerprint density at radius 3 is 2.41 bits per heavy atom. The van der Waals surface area contributed by atoms with Crippen molar-refractivity contribution < 1.29 is 4.79 Å². The van der Waals surface area contributed by atoms with Crippen molar-refractivity contribution in [2.75, 3.05) is 23.3 Å². The molecule has 3 nitrogen and oxygen atoms in total. The molecule has 1 N–H and O–H groups in total. The lowest BCUT2D eigenvalue weighted by atomic mass is 10.1. The highest BCUT2D eigenvalue weighted by Crippen LogP contribution is 2.21. The van der Waals surface area contributed by atoms with Crippen LogP contribution >= 0.6 is 11.6 Å². The molecule has 0 spiro atoms. The quantitative estimate of drug-likeness (QED) is 0.899. The fourth-order valence-corrected chi connectivity index (χ4v) is 2.94. The lowest BCUT2D eigenvalue weighted by molar-refractivity contribution is 0.102. The maximum Gasteiger partial charge on any atom is 0.255 e. The molecule has 3 rings (SSSR count). The fourth-order valence-electron chi connectivity index (χ4n) is 2.75.